The molecule has 0 fully saturated rings. The third-order valence-electron chi connectivity index (χ3n) is 2.66. The Morgan fingerprint density at radius 2 is 1.90 bits per heavy atom. The van der Waals surface area contributed by atoms with Crippen molar-refractivity contribution in [3.8, 4) is 11.8 Å². The van der Waals surface area contributed by atoms with Crippen LogP contribution in [-0.4, -0.2) is 31.9 Å². The van der Waals surface area contributed by atoms with E-state index in [4.69, 9.17) is 10.00 Å². The summed E-state index contributed by atoms with van der Waals surface area (Å²) in [5.74, 6) is 0.638. The molecule has 0 N–H and O–H groups in total. The first-order chi connectivity index (χ1) is 9.41. The van der Waals surface area contributed by atoms with E-state index in [9.17, 15) is 8.42 Å². The molecule has 110 valence electrons. The summed E-state index contributed by atoms with van der Waals surface area (Å²) < 4.78 is 31.5. The summed E-state index contributed by atoms with van der Waals surface area (Å²) in [6.07, 6.45) is 0.224. The third-order valence-corrected chi connectivity index (χ3v) is 4.65. The number of rotatable bonds is 7. The molecule has 0 saturated heterocycles. The highest BCUT2D eigenvalue weighted by molar-refractivity contribution is 7.89. The van der Waals surface area contributed by atoms with Gasteiger partial charge in [0.2, 0.25) is 10.0 Å². The van der Waals surface area contributed by atoms with Crippen LogP contribution in [-0.2, 0) is 10.0 Å². The van der Waals surface area contributed by atoms with Gasteiger partial charge < -0.3 is 4.74 Å². The van der Waals surface area contributed by atoms with E-state index in [0.717, 1.165) is 0 Å². The van der Waals surface area contributed by atoms with Crippen molar-refractivity contribution in [2.45, 2.75) is 38.2 Å². The zero-order chi connectivity index (χ0) is 15.2. The van der Waals surface area contributed by atoms with Gasteiger partial charge in [-0.3, -0.25) is 0 Å². The molecule has 1 rings (SSSR count). The second-order valence-electron chi connectivity index (χ2n) is 4.54. The maximum Gasteiger partial charge on any atom is 0.243 e. The Hall–Kier alpha value is -1.58. The highest BCUT2D eigenvalue weighted by Crippen LogP contribution is 2.20. The van der Waals surface area contributed by atoms with Crippen LogP contribution in [0.1, 0.15) is 27.2 Å². The van der Waals surface area contributed by atoms with E-state index in [2.05, 4.69) is 0 Å². The van der Waals surface area contributed by atoms with Crippen LogP contribution in [0.4, 0.5) is 0 Å². The quantitative estimate of drug-likeness (QED) is 0.774. The summed E-state index contributed by atoms with van der Waals surface area (Å²) in [5.41, 5.74) is 0. The summed E-state index contributed by atoms with van der Waals surface area (Å²) in [7, 11) is -3.54. The number of benzene rings is 1. The van der Waals surface area contributed by atoms with Gasteiger partial charge in [-0.2, -0.15) is 9.57 Å². The minimum Gasteiger partial charge on any atom is -0.491 e. The highest BCUT2D eigenvalue weighted by atomic mass is 32.2. The summed E-state index contributed by atoms with van der Waals surface area (Å²) in [6.45, 7) is 6.12. The Kier molecular flexibility index (Phi) is 5.99. The summed E-state index contributed by atoms with van der Waals surface area (Å²) in [5, 5.41) is 8.58. The molecular weight excluding hydrogens is 276 g/mol. The van der Waals surface area contributed by atoms with Crippen LogP contribution >= 0.6 is 0 Å². The van der Waals surface area contributed by atoms with Gasteiger partial charge in [0.15, 0.2) is 0 Å². The predicted molar refractivity (Wildman–Crippen MR) is 76.9 cm³/mol. The number of hydrogen-bond acceptors (Lipinski definition) is 4. The van der Waals surface area contributed by atoms with Crippen molar-refractivity contribution in [1.82, 2.24) is 4.31 Å². The first kappa shape index (κ1) is 16.5. The van der Waals surface area contributed by atoms with Gasteiger partial charge in [-0.25, -0.2) is 8.42 Å². The van der Waals surface area contributed by atoms with Crippen molar-refractivity contribution in [3.63, 3.8) is 0 Å². The second kappa shape index (κ2) is 7.27. The molecule has 5 nitrogen and oxygen atoms in total. The molecule has 20 heavy (non-hydrogen) atoms. The van der Waals surface area contributed by atoms with Gasteiger partial charge in [0.1, 0.15) is 5.75 Å². The van der Waals surface area contributed by atoms with Gasteiger partial charge in [0, 0.05) is 19.5 Å². The Bertz CT molecular complexity index is 559. The first-order valence-corrected chi connectivity index (χ1v) is 7.99. The number of nitrogens with zero attached hydrogens (tertiary/aromatic N) is 2. The maximum atomic E-state index is 12.4. The molecule has 0 heterocycles. The molecule has 6 heteroatoms. The fourth-order valence-corrected chi connectivity index (χ4v) is 3.18. The highest BCUT2D eigenvalue weighted by Gasteiger charge is 2.22. The average Bonchev–Trinajstić information content (AvgIpc) is 2.39. The fraction of sp³-hybridized carbons (Fsp3) is 0.500. The van der Waals surface area contributed by atoms with Crippen LogP contribution < -0.4 is 4.74 Å². The standard InChI is InChI=1S/C14H20N2O3S/c1-4-16(11-5-10-15)20(17,18)14-8-6-13(7-9-14)19-12(2)3/h6-9,12H,4-5,11H2,1-3H3. The van der Waals surface area contributed by atoms with Crippen molar-refractivity contribution in [2.75, 3.05) is 13.1 Å². The Morgan fingerprint density at radius 1 is 1.30 bits per heavy atom. The SMILES string of the molecule is CCN(CCC#N)S(=O)(=O)c1ccc(OC(C)C)cc1. The number of hydrogen-bond donors (Lipinski definition) is 0. The lowest BCUT2D eigenvalue weighted by molar-refractivity contribution is 0.242. The normalized spacial score (nSPS) is 11.6. The van der Waals surface area contributed by atoms with E-state index in [0.29, 0.717) is 12.3 Å². The third kappa shape index (κ3) is 4.22. The minimum absolute atomic E-state index is 0.0419. The van der Waals surface area contributed by atoms with Crippen molar-refractivity contribution < 1.29 is 13.2 Å². The number of sulfonamides is 1. The van der Waals surface area contributed by atoms with Crippen LogP contribution in [0.15, 0.2) is 29.2 Å². The van der Waals surface area contributed by atoms with Crippen molar-refractivity contribution in [2.24, 2.45) is 0 Å². The average molecular weight is 296 g/mol. The fourth-order valence-electron chi connectivity index (χ4n) is 1.73. The van der Waals surface area contributed by atoms with E-state index in [1.807, 2.05) is 19.9 Å². The summed E-state index contributed by atoms with van der Waals surface area (Å²) in [4.78, 5) is 0.216. The van der Waals surface area contributed by atoms with Crippen molar-refractivity contribution >= 4 is 10.0 Å². The first-order valence-electron chi connectivity index (χ1n) is 6.55. The molecule has 1 aromatic rings. The van der Waals surface area contributed by atoms with Gasteiger partial charge in [0.05, 0.1) is 17.1 Å². The maximum absolute atomic E-state index is 12.4. The van der Waals surface area contributed by atoms with Gasteiger partial charge in [0.25, 0.3) is 0 Å². The minimum atomic E-state index is -3.54. The molecule has 0 aliphatic heterocycles. The van der Waals surface area contributed by atoms with E-state index in [-0.39, 0.29) is 24.0 Å². The molecule has 0 aliphatic carbocycles. The van der Waals surface area contributed by atoms with E-state index >= 15 is 0 Å². The lowest BCUT2D eigenvalue weighted by Gasteiger charge is -2.19. The van der Waals surface area contributed by atoms with E-state index < -0.39 is 10.0 Å². The molecule has 0 atom stereocenters. The molecule has 0 spiro atoms. The Balaban J connectivity index is 2.94. The van der Waals surface area contributed by atoms with E-state index in [1.54, 1.807) is 19.1 Å². The molecule has 0 aromatic heterocycles. The smallest absolute Gasteiger partial charge is 0.243 e. The zero-order valence-corrected chi connectivity index (χ0v) is 12.9. The van der Waals surface area contributed by atoms with Crippen LogP contribution in [0.25, 0.3) is 0 Å². The van der Waals surface area contributed by atoms with Crippen molar-refractivity contribution in [3.05, 3.63) is 24.3 Å². The van der Waals surface area contributed by atoms with Gasteiger partial charge >= 0.3 is 0 Å². The molecule has 1 aromatic carbocycles. The van der Waals surface area contributed by atoms with Gasteiger partial charge in [-0.05, 0) is 38.1 Å². The zero-order valence-electron chi connectivity index (χ0n) is 12.0. The Morgan fingerprint density at radius 3 is 2.35 bits per heavy atom. The second-order valence-corrected chi connectivity index (χ2v) is 6.48. The Labute approximate surface area is 120 Å². The van der Waals surface area contributed by atoms with Crippen LogP contribution in [0.5, 0.6) is 5.75 Å². The molecule has 0 amide bonds. The summed E-state index contributed by atoms with van der Waals surface area (Å²) >= 11 is 0. The monoisotopic (exact) mass is 296 g/mol. The molecule has 0 radical (unpaired) electrons. The number of ether oxygens (including phenoxy) is 1. The molecule has 0 unspecified atom stereocenters. The molecular formula is C14H20N2O3S. The molecule has 0 saturated carbocycles. The summed E-state index contributed by atoms with van der Waals surface area (Å²) in [6, 6.07) is 8.31. The largest absolute Gasteiger partial charge is 0.491 e. The van der Waals surface area contributed by atoms with Crippen LogP contribution in [0.2, 0.25) is 0 Å². The number of nitriles is 1. The molecule has 0 aliphatic rings. The molecule has 0 bridgehead atoms. The van der Waals surface area contributed by atoms with Crippen molar-refractivity contribution in [1.29, 1.82) is 5.26 Å². The van der Waals surface area contributed by atoms with Gasteiger partial charge in [-0.1, -0.05) is 6.92 Å². The predicted octanol–water partition coefficient (Wildman–Crippen LogP) is 2.40. The van der Waals surface area contributed by atoms with E-state index in [1.165, 1.54) is 16.4 Å². The van der Waals surface area contributed by atoms with Crippen LogP contribution in [0.3, 0.4) is 0 Å². The van der Waals surface area contributed by atoms with Crippen LogP contribution in [0, 0.1) is 11.3 Å². The lowest BCUT2D eigenvalue weighted by Crippen LogP contribution is -2.31. The van der Waals surface area contributed by atoms with Gasteiger partial charge in [-0.15, -0.1) is 0 Å². The topological polar surface area (TPSA) is 70.4 Å². The lowest BCUT2D eigenvalue weighted by atomic mass is 10.3.